The number of ketones is 1. The highest BCUT2D eigenvalue weighted by atomic mass is 35.5. The molecule has 72 valence electrons. The third-order valence-electron chi connectivity index (χ3n) is 1.98. The van der Waals surface area contributed by atoms with E-state index < -0.39 is 0 Å². The van der Waals surface area contributed by atoms with Gasteiger partial charge >= 0.3 is 0 Å². The molecule has 3 heteroatoms. The zero-order valence-electron chi connectivity index (χ0n) is 7.50. The number of carbonyl (C=O) groups is 1. The number of carbonyl (C=O) groups excluding carboxylic acids is 1. The molecule has 0 atom stereocenters. The maximum absolute atomic E-state index is 11.0. The molecule has 0 amide bonds. The maximum atomic E-state index is 11.0. The molecule has 0 aliphatic heterocycles. The number of hydrogen-bond acceptors (Lipinski definition) is 2. The Bertz CT molecular complexity index is 398. The highest BCUT2D eigenvalue weighted by molar-refractivity contribution is 8.03. The average Bonchev–Trinajstić information content (AvgIpc) is 2.51. The first-order valence-electron chi connectivity index (χ1n) is 4.41. The van der Waals surface area contributed by atoms with Crippen LogP contribution in [0.1, 0.15) is 12.8 Å². The molecule has 14 heavy (non-hydrogen) atoms. The van der Waals surface area contributed by atoms with Crippen molar-refractivity contribution >= 4 is 29.1 Å². The zero-order chi connectivity index (χ0) is 9.97. The standard InChI is InChI=1S/C11H9ClOS/c12-8-2-1-3-10(6-8)14-11-5-4-9(13)7-11/h1-3,6-7H,4-5H2. The third-order valence-corrected chi connectivity index (χ3v) is 3.29. The van der Waals surface area contributed by atoms with Crippen LogP contribution in [0, 0.1) is 0 Å². The van der Waals surface area contributed by atoms with Crippen molar-refractivity contribution in [2.75, 3.05) is 0 Å². The highest BCUT2D eigenvalue weighted by Crippen LogP contribution is 2.33. The van der Waals surface area contributed by atoms with Crippen LogP contribution in [0.2, 0.25) is 5.02 Å². The monoisotopic (exact) mass is 224 g/mol. The lowest BCUT2D eigenvalue weighted by Crippen LogP contribution is -1.80. The van der Waals surface area contributed by atoms with E-state index in [2.05, 4.69) is 0 Å². The van der Waals surface area contributed by atoms with Crippen molar-refractivity contribution in [2.45, 2.75) is 17.7 Å². The number of rotatable bonds is 2. The van der Waals surface area contributed by atoms with Gasteiger partial charge in [0.2, 0.25) is 0 Å². The quantitative estimate of drug-likeness (QED) is 0.763. The van der Waals surface area contributed by atoms with Gasteiger partial charge in [0.05, 0.1) is 0 Å². The van der Waals surface area contributed by atoms with Gasteiger partial charge in [-0.3, -0.25) is 4.79 Å². The molecule has 1 aliphatic carbocycles. The number of benzene rings is 1. The molecule has 0 radical (unpaired) electrons. The van der Waals surface area contributed by atoms with E-state index in [9.17, 15) is 4.79 Å². The molecular formula is C11H9ClOS. The molecule has 0 saturated carbocycles. The largest absolute Gasteiger partial charge is 0.295 e. The summed E-state index contributed by atoms with van der Waals surface area (Å²) in [4.78, 5) is 13.2. The molecule has 1 nitrogen and oxygen atoms in total. The first-order chi connectivity index (χ1) is 6.74. The summed E-state index contributed by atoms with van der Waals surface area (Å²) < 4.78 is 0. The fourth-order valence-corrected chi connectivity index (χ4v) is 2.62. The fraction of sp³-hybridized carbons (Fsp3) is 0.182. The SMILES string of the molecule is O=C1C=C(Sc2cccc(Cl)c2)CC1. The molecule has 2 rings (SSSR count). The minimum atomic E-state index is 0.231. The van der Waals surface area contributed by atoms with E-state index in [1.54, 1.807) is 17.8 Å². The first kappa shape index (κ1) is 9.81. The summed E-state index contributed by atoms with van der Waals surface area (Å²) >= 11 is 7.48. The van der Waals surface area contributed by atoms with E-state index in [-0.39, 0.29) is 5.78 Å². The number of thioether (sulfide) groups is 1. The van der Waals surface area contributed by atoms with Crippen LogP contribution in [0.15, 0.2) is 40.1 Å². The maximum Gasteiger partial charge on any atom is 0.156 e. The second-order valence-corrected chi connectivity index (χ2v) is 4.77. The molecule has 0 saturated heterocycles. The molecule has 0 spiro atoms. The van der Waals surface area contributed by atoms with Gasteiger partial charge in [-0.2, -0.15) is 0 Å². The van der Waals surface area contributed by atoms with Gasteiger partial charge in [-0.1, -0.05) is 29.4 Å². The lowest BCUT2D eigenvalue weighted by molar-refractivity contribution is -0.114. The van der Waals surface area contributed by atoms with Crippen LogP contribution in [-0.2, 0) is 4.79 Å². The molecule has 1 aromatic carbocycles. The molecule has 0 N–H and O–H groups in total. The van der Waals surface area contributed by atoms with Gasteiger partial charge < -0.3 is 0 Å². The summed E-state index contributed by atoms with van der Waals surface area (Å²) in [6.07, 6.45) is 3.25. The summed E-state index contributed by atoms with van der Waals surface area (Å²) in [5.41, 5.74) is 0. The molecule has 0 aromatic heterocycles. The number of allylic oxidation sites excluding steroid dienone is 2. The van der Waals surface area contributed by atoms with Crippen LogP contribution >= 0.6 is 23.4 Å². The molecule has 0 unspecified atom stereocenters. The van der Waals surface area contributed by atoms with Crippen molar-refractivity contribution in [1.82, 2.24) is 0 Å². The lowest BCUT2D eigenvalue weighted by Gasteiger charge is -2.01. The molecular weight excluding hydrogens is 216 g/mol. The van der Waals surface area contributed by atoms with Crippen LogP contribution in [0.5, 0.6) is 0 Å². The smallest absolute Gasteiger partial charge is 0.156 e. The minimum Gasteiger partial charge on any atom is -0.295 e. The van der Waals surface area contributed by atoms with E-state index in [1.165, 1.54) is 0 Å². The Morgan fingerprint density at radius 1 is 1.29 bits per heavy atom. The predicted octanol–water partition coefficient (Wildman–Crippen LogP) is 3.68. The van der Waals surface area contributed by atoms with Gasteiger partial charge in [-0.25, -0.2) is 0 Å². The van der Waals surface area contributed by atoms with E-state index in [0.29, 0.717) is 6.42 Å². The van der Waals surface area contributed by atoms with Crippen molar-refractivity contribution in [3.63, 3.8) is 0 Å². The summed E-state index contributed by atoms with van der Waals surface area (Å²) in [5.74, 6) is 0.231. The van der Waals surface area contributed by atoms with Crippen LogP contribution in [-0.4, -0.2) is 5.78 Å². The fourth-order valence-electron chi connectivity index (χ4n) is 1.33. The van der Waals surface area contributed by atoms with E-state index >= 15 is 0 Å². The Morgan fingerprint density at radius 3 is 2.79 bits per heavy atom. The van der Waals surface area contributed by atoms with Crippen molar-refractivity contribution in [2.24, 2.45) is 0 Å². The molecule has 1 aliphatic rings. The van der Waals surface area contributed by atoms with Gasteiger partial charge in [0, 0.05) is 16.3 Å². The topological polar surface area (TPSA) is 17.1 Å². The van der Waals surface area contributed by atoms with Crippen molar-refractivity contribution < 1.29 is 4.79 Å². The molecule has 1 aromatic rings. The summed E-state index contributed by atoms with van der Waals surface area (Å²) in [7, 11) is 0. The van der Waals surface area contributed by atoms with Gasteiger partial charge in [0.15, 0.2) is 5.78 Å². The van der Waals surface area contributed by atoms with Crippen LogP contribution in [0.3, 0.4) is 0 Å². The third kappa shape index (κ3) is 2.40. The Kier molecular flexibility index (Phi) is 2.94. The Balaban J connectivity index is 2.11. The van der Waals surface area contributed by atoms with E-state index in [0.717, 1.165) is 21.2 Å². The molecule has 0 fully saturated rings. The van der Waals surface area contributed by atoms with E-state index in [4.69, 9.17) is 11.6 Å². The van der Waals surface area contributed by atoms with Gasteiger partial charge in [0.25, 0.3) is 0 Å². The molecule has 0 bridgehead atoms. The molecule has 0 heterocycles. The van der Waals surface area contributed by atoms with Crippen molar-refractivity contribution in [3.05, 3.63) is 40.3 Å². The van der Waals surface area contributed by atoms with Gasteiger partial charge in [0.1, 0.15) is 0 Å². The Hall–Kier alpha value is -0.730. The van der Waals surface area contributed by atoms with Crippen LogP contribution in [0.4, 0.5) is 0 Å². The Labute approximate surface area is 92.1 Å². The predicted molar refractivity (Wildman–Crippen MR) is 59.6 cm³/mol. The lowest BCUT2D eigenvalue weighted by atomic mass is 10.3. The van der Waals surface area contributed by atoms with Crippen LogP contribution < -0.4 is 0 Å². The Morgan fingerprint density at radius 2 is 2.14 bits per heavy atom. The van der Waals surface area contributed by atoms with Crippen molar-refractivity contribution in [3.8, 4) is 0 Å². The normalized spacial score (nSPS) is 15.8. The average molecular weight is 225 g/mol. The summed E-state index contributed by atoms with van der Waals surface area (Å²) in [6, 6.07) is 7.68. The first-order valence-corrected chi connectivity index (χ1v) is 5.60. The second-order valence-electron chi connectivity index (χ2n) is 3.14. The number of halogens is 1. The summed E-state index contributed by atoms with van der Waals surface area (Å²) in [5, 5.41) is 0.736. The summed E-state index contributed by atoms with van der Waals surface area (Å²) in [6.45, 7) is 0. The van der Waals surface area contributed by atoms with Gasteiger partial charge in [-0.05, 0) is 35.6 Å². The van der Waals surface area contributed by atoms with Crippen molar-refractivity contribution in [1.29, 1.82) is 0 Å². The minimum absolute atomic E-state index is 0.231. The highest BCUT2D eigenvalue weighted by Gasteiger charge is 2.12. The van der Waals surface area contributed by atoms with Crippen LogP contribution in [0.25, 0.3) is 0 Å². The second kappa shape index (κ2) is 4.20. The van der Waals surface area contributed by atoms with E-state index in [1.807, 2.05) is 24.3 Å². The van der Waals surface area contributed by atoms with Gasteiger partial charge in [-0.15, -0.1) is 0 Å². The zero-order valence-corrected chi connectivity index (χ0v) is 9.07. The number of hydrogen-bond donors (Lipinski definition) is 0.